The first-order valence-electron chi connectivity index (χ1n) is 6.19. The Labute approximate surface area is 105 Å². The van der Waals surface area contributed by atoms with Gasteiger partial charge in [0.2, 0.25) is 0 Å². The van der Waals surface area contributed by atoms with Crippen LogP contribution in [0.1, 0.15) is 37.5 Å². The molecule has 0 saturated heterocycles. The van der Waals surface area contributed by atoms with Crippen LogP contribution in [0, 0.1) is 6.92 Å². The summed E-state index contributed by atoms with van der Waals surface area (Å²) < 4.78 is 5.41. The molecule has 0 aromatic heterocycles. The highest BCUT2D eigenvalue weighted by Crippen LogP contribution is 2.18. The van der Waals surface area contributed by atoms with Gasteiger partial charge < -0.3 is 10.1 Å². The molecule has 0 spiro atoms. The van der Waals surface area contributed by atoms with Gasteiger partial charge in [-0.2, -0.15) is 0 Å². The highest BCUT2D eigenvalue weighted by molar-refractivity contribution is 5.58. The van der Waals surface area contributed by atoms with Crippen molar-refractivity contribution < 1.29 is 4.74 Å². The molecule has 0 heterocycles. The Morgan fingerprint density at radius 2 is 2.12 bits per heavy atom. The SMILES string of the molecule is C=C(OCC)c1ccc(CNC(C)C)c(C)c1. The molecule has 0 radical (unpaired) electrons. The van der Waals surface area contributed by atoms with E-state index in [0.29, 0.717) is 12.6 Å². The number of hydrogen-bond acceptors (Lipinski definition) is 2. The lowest BCUT2D eigenvalue weighted by atomic mass is 10.0. The molecule has 2 nitrogen and oxygen atoms in total. The van der Waals surface area contributed by atoms with Gasteiger partial charge >= 0.3 is 0 Å². The van der Waals surface area contributed by atoms with Gasteiger partial charge in [-0.15, -0.1) is 0 Å². The number of aryl methyl sites for hydroxylation is 1. The van der Waals surface area contributed by atoms with E-state index in [9.17, 15) is 0 Å². The molecule has 0 saturated carbocycles. The van der Waals surface area contributed by atoms with Crippen LogP contribution in [0.15, 0.2) is 24.8 Å². The topological polar surface area (TPSA) is 21.3 Å². The number of benzene rings is 1. The predicted molar refractivity (Wildman–Crippen MR) is 73.8 cm³/mol. The minimum atomic E-state index is 0.507. The Morgan fingerprint density at radius 3 is 2.65 bits per heavy atom. The van der Waals surface area contributed by atoms with Crippen LogP contribution in [0.5, 0.6) is 0 Å². The van der Waals surface area contributed by atoms with E-state index in [4.69, 9.17) is 4.74 Å². The molecule has 0 aliphatic heterocycles. The zero-order valence-corrected chi connectivity index (χ0v) is 11.3. The summed E-state index contributed by atoms with van der Waals surface area (Å²) in [6.07, 6.45) is 0. The van der Waals surface area contributed by atoms with Gasteiger partial charge in [0, 0.05) is 18.2 Å². The average molecular weight is 233 g/mol. The van der Waals surface area contributed by atoms with E-state index in [2.05, 4.69) is 50.9 Å². The lowest BCUT2D eigenvalue weighted by Gasteiger charge is -2.13. The molecule has 1 aromatic carbocycles. The quantitative estimate of drug-likeness (QED) is 0.759. The highest BCUT2D eigenvalue weighted by atomic mass is 16.5. The van der Waals surface area contributed by atoms with Crippen LogP contribution in [0.25, 0.3) is 5.76 Å². The van der Waals surface area contributed by atoms with Gasteiger partial charge in [-0.3, -0.25) is 0 Å². The number of ether oxygens (including phenoxy) is 1. The van der Waals surface area contributed by atoms with Crippen LogP contribution in [0.4, 0.5) is 0 Å². The van der Waals surface area contributed by atoms with Crippen molar-refractivity contribution in [3.05, 3.63) is 41.5 Å². The van der Waals surface area contributed by atoms with Crippen molar-refractivity contribution in [1.29, 1.82) is 0 Å². The Hall–Kier alpha value is -1.28. The molecule has 94 valence electrons. The monoisotopic (exact) mass is 233 g/mol. The molecular weight excluding hydrogens is 210 g/mol. The standard InChI is InChI=1S/C15H23NO/c1-6-17-13(5)14-7-8-15(12(4)9-14)10-16-11(2)3/h7-9,11,16H,5-6,10H2,1-4H3. The summed E-state index contributed by atoms with van der Waals surface area (Å²) in [5, 5.41) is 3.42. The Kier molecular flexibility index (Phi) is 5.23. The second-order valence-electron chi connectivity index (χ2n) is 4.53. The predicted octanol–water partition coefficient (Wildman–Crippen LogP) is 3.50. The third-order valence-corrected chi connectivity index (χ3v) is 2.68. The van der Waals surface area contributed by atoms with E-state index in [1.807, 2.05) is 6.92 Å². The zero-order chi connectivity index (χ0) is 12.8. The van der Waals surface area contributed by atoms with Crippen LogP contribution in [-0.2, 0) is 11.3 Å². The smallest absolute Gasteiger partial charge is 0.119 e. The molecule has 2 heteroatoms. The highest BCUT2D eigenvalue weighted by Gasteiger charge is 2.04. The van der Waals surface area contributed by atoms with E-state index in [0.717, 1.165) is 17.9 Å². The fourth-order valence-corrected chi connectivity index (χ4v) is 1.64. The van der Waals surface area contributed by atoms with Crippen LogP contribution in [0.2, 0.25) is 0 Å². The fourth-order valence-electron chi connectivity index (χ4n) is 1.64. The molecule has 1 rings (SSSR count). The van der Waals surface area contributed by atoms with Crippen molar-refractivity contribution in [2.75, 3.05) is 6.61 Å². The van der Waals surface area contributed by atoms with Crippen molar-refractivity contribution in [2.24, 2.45) is 0 Å². The third kappa shape index (κ3) is 4.23. The van der Waals surface area contributed by atoms with Crippen LogP contribution < -0.4 is 5.32 Å². The summed E-state index contributed by atoms with van der Waals surface area (Å²) in [4.78, 5) is 0. The van der Waals surface area contributed by atoms with Crippen LogP contribution in [0.3, 0.4) is 0 Å². The molecule has 0 fully saturated rings. The molecule has 0 bridgehead atoms. The lowest BCUT2D eigenvalue weighted by molar-refractivity contribution is 0.299. The average Bonchev–Trinajstić information content (AvgIpc) is 2.27. The van der Waals surface area contributed by atoms with Gasteiger partial charge in [-0.05, 0) is 31.0 Å². The van der Waals surface area contributed by atoms with E-state index >= 15 is 0 Å². The summed E-state index contributed by atoms with van der Waals surface area (Å²) in [6, 6.07) is 6.86. The van der Waals surface area contributed by atoms with Crippen molar-refractivity contribution in [3.63, 3.8) is 0 Å². The largest absolute Gasteiger partial charge is 0.494 e. The summed E-state index contributed by atoms with van der Waals surface area (Å²) >= 11 is 0. The van der Waals surface area contributed by atoms with Crippen LogP contribution in [-0.4, -0.2) is 12.6 Å². The molecule has 0 atom stereocenters. The van der Waals surface area contributed by atoms with E-state index < -0.39 is 0 Å². The number of rotatable bonds is 6. The zero-order valence-electron chi connectivity index (χ0n) is 11.3. The van der Waals surface area contributed by atoms with Crippen molar-refractivity contribution >= 4 is 5.76 Å². The molecule has 0 amide bonds. The minimum absolute atomic E-state index is 0.507. The first kappa shape index (κ1) is 13.8. The van der Waals surface area contributed by atoms with E-state index in [1.165, 1.54) is 11.1 Å². The van der Waals surface area contributed by atoms with Crippen molar-refractivity contribution in [3.8, 4) is 0 Å². The maximum atomic E-state index is 5.41. The number of hydrogen-bond donors (Lipinski definition) is 1. The van der Waals surface area contributed by atoms with E-state index in [-0.39, 0.29) is 0 Å². The summed E-state index contributed by atoms with van der Waals surface area (Å²) in [6.45, 7) is 13.9. The normalized spacial score (nSPS) is 10.6. The summed E-state index contributed by atoms with van der Waals surface area (Å²) in [5.74, 6) is 0.749. The van der Waals surface area contributed by atoms with Crippen molar-refractivity contribution in [1.82, 2.24) is 5.32 Å². The summed E-state index contributed by atoms with van der Waals surface area (Å²) in [7, 11) is 0. The molecule has 0 aliphatic rings. The second-order valence-corrected chi connectivity index (χ2v) is 4.53. The van der Waals surface area contributed by atoms with E-state index in [1.54, 1.807) is 0 Å². The summed E-state index contributed by atoms with van der Waals surface area (Å²) in [5.41, 5.74) is 3.67. The third-order valence-electron chi connectivity index (χ3n) is 2.68. The first-order valence-corrected chi connectivity index (χ1v) is 6.19. The molecular formula is C15H23NO. The lowest BCUT2D eigenvalue weighted by Crippen LogP contribution is -2.22. The molecule has 0 unspecified atom stereocenters. The first-order chi connectivity index (χ1) is 8.04. The van der Waals surface area contributed by atoms with Gasteiger partial charge in [0.15, 0.2) is 0 Å². The molecule has 1 N–H and O–H groups in total. The Balaban J connectivity index is 2.75. The Morgan fingerprint density at radius 1 is 1.41 bits per heavy atom. The van der Waals surface area contributed by atoms with Gasteiger partial charge in [-0.25, -0.2) is 0 Å². The second kappa shape index (κ2) is 6.45. The van der Waals surface area contributed by atoms with Gasteiger partial charge in [0.25, 0.3) is 0 Å². The van der Waals surface area contributed by atoms with Crippen LogP contribution >= 0.6 is 0 Å². The molecule has 17 heavy (non-hydrogen) atoms. The maximum Gasteiger partial charge on any atom is 0.119 e. The Bertz CT molecular complexity index is 383. The minimum Gasteiger partial charge on any atom is -0.494 e. The van der Waals surface area contributed by atoms with Crippen molar-refractivity contribution in [2.45, 2.75) is 40.3 Å². The molecule has 0 aliphatic carbocycles. The molecule has 1 aromatic rings. The number of nitrogens with one attached hydrogen (secondary N) is 1. The maximum absolute atomic E-state index is 5.41. The van der Waals surface area contributed by atoms with Gasteiger partial charge in [-0.1, -0.05) is 32.6 Å². The fraction of sp³-hybridized carbons (Fsp3) is 0.467. The van der Waals surface area contributed by atoms with Gasteiger partial charge in [0.05, 0.1) is 6.61 Å². The van der Waals surface area contributed by atoms with Gasteiger partial charge in [0.1, 0.15) is 5.76 Å².